The molecule has 2 heteroatoms. The highest BCUT2D eigenvalue weighted by molar-refractivity contribution is 5.76. The number of aryl methyl sites for hydroxylation is 2. The normalized spacial score (nSPS) is 10.5. The van der Waals surface area contributed by atoms with Crippen LogP contribution in [0, 0.1) is 20.8 Å². The van der Waals surface area contributed by atoms with Crippen molar-refractivity contribution in [1.82, 2.24) is 0 Å². The molecule has 0 amide bonds. The fraction of sp³-hybridized carbons (Fsp3) is 0.200. The number of phenols is 2. The van der Waals surface area contributed by atoms with E-state index >= 15 is 0 Å². The van der Waals surface area contributed by atoms with E-state index in [0.717, 1.165) is 27.8 Å². The summed E-state index contributed by atoms with van der Waals surface area (Å²) in [5.74, 6) is 0.504. The summed E-state index contributed by atoms with van der Waals surface area (Å²) in [6, 6.07) is 9.05. The molecule has 2 nitrogen and oxygen atoms in total. The molecule has 0 spiro atoms. The van der Waals surface area contributed by atoms with Gasteiger partial charge in [0, 0.05) is 5.56 Å². The first-order valence-electron chi connectivity index (χ1n) is 5.60. The van der Waals surface area contributed by atoms with Gasteiger partial charge in [-0.15, -0.1) is 0 Å². The molecule has 0 aromatic heterocycles. The lowest BCUT2D eigenvalue weighted by Gasteiger charge is -2.12. The van der Waals surface area contributed by atoms with Gasteiger partial charge in [-0.25, -0.2) is 0 Å². The minimum Gasteiger partial charge on any atom is -0.508 e. The number of para-hydroxylation sites is 1. The fourth-order valence-electron chi connectivity index (χ4n) is 2.00. The van der Waals surface area contributed by atoms with Crippen molar-refractivity contribution < 1.29 is 10.2 Å². The van der Waals surface area contributed by atoms with Crippen LogP contribution in [-0.4, -0.2) is 10.2 Å². The van der Waals surface area contributed by atoms with Gasteiger partial charge >= 0.3 is 0 Å². The largest absolute Gasteiger partial charge is 0.508 e. The molecule has 0 unspecified atom stereocenters. The zero-order chi connectivity index (χ0) is 12.6. The third-order valence-electron chi connectivity index (χ3n) is 3.18. The molecule has 2 N–H and O–H groups in total. The highest BCUT2D eigenvalue weighted by Gasteiger charge is 2.11. The van der Waals surface area contributed by atoms with Crippen molar-refractivity contribution in [2.45, 2.75) is 20.8 Å². The smallest absolute Gasteiger partial charge is 0.126 e. The van der Waals surface area contributed by atoms with E-state index in [4.69, 9.17) is 0 Å². The summed E-state index contributed by atoms with van der Waals surface area (Å²) in [5.41, 5.74) is 4.57. The van der Waals surface area contributed by atoms with E-state index in [9.17, 15) is 10.2 Å². The zero-order valence-corrected chi connectivity index (χ0v) is 10.3. The highest BCUT2D eigenvalue weighted by Crippen LogP contribution is 2.36. The molecule has 0 radical (unpaired) electrons. The van der Waals surface area contributed by atoms with Gasteiger partial charge in [-0.3, -0.25) is 0 Å². The SMILES string of the molecule is Cc1cc(O)cc(-c2cccc(C)c2O)c1C. The Hall–Kier alpha value is -1.96. The number of hydrogen-bond acceptors (Lipinski definition) is 2. The van der Waals surface area contributed by atoms with E-state index in [1.54, 1.807) is 12.1 Å². The summed E-state index contributed by atoms with van der Waals surface area (Å²) >= 11 is 0. The van der Waals surface area contributed by atoms with E-state index in [-0.39, 0.29) is 11.5 Å². The minimum absolute atomic E-state index is 0.226. The molecule has 0 saturated carbocycles. The van der Waals surface area contributed by atoms with Crippen LogP contribution in [0.1, 0.15) is 16.7 Å². The van der Waals surface area contributed by atoms with E-state index in [0.29, 0.717) is 0 Å². The van der Waals surface area contributed by atoms with Crippen molar-refractivity contribution in [2.24, 2.45) is 0 Å². The van der Waals surface area contributed by atoms with Gasteiger partial charge in [-0.1, -0.05) is 18.2 Å². The van der Waals surface area contributed by atoms with Gasteiger partial charge in [0.25, 0.3) is 0 Å². The molecular formula is C15H16O2. The molecular weight excluding hydrogens is 212 g/mol. The Morgan fingerprint density at radius 2 is 1.53 bits per heavy atom. The Kier molecular flexibility index (Phi) is 2.80. The van der Waals surface area contributed by atoms with Crippen LogP contribution in [0.5, 0.6) is 11.5 Å². The first kappa shape index (κ1) is 11.5. The molecule has 0 heterocycles. The Bertz CT molecular complexity index is 571. The van der Waals surface area contributed by atoms with E-state index < -0.39 is 0 Å². The molecule has 0 atom stereocenters. The second-order valence-corrected chi connectivity index (χ2v) is 4.41. The lowest BCUT2D eigenvalue weighted by atomic mass is 9.95. The van der Waals surface area contributed by atoms with E-state index in [1.165, 1.54) is 0 Å². The molecule has 0 bridgehead atoms. The number of benzene rings is 2. The molecule has 2 aromatic carbocycles. The first-order valence-corrected chi connectivity index (χ1v) is 5.60. The predicted molar refractivity (Wildman–Crippen MR) is 69.4 cm³/mol. The van der Waals surface area contributed by atoms with Gasteiger partial charge in [0.15, 0.2) is 0 Å². The van der Waals surface area contributed by atoms with Crippen molar-refractivity contribution in [3.63, 3.8) is 0 Å². The van der Waals surface area contributed by atoms with Crippen LogP contribution in [0.3, 0.4) is 0 Å². The topological polar surface area (TPSA) is 40.5 Å². The fourth-order valence-corrected chi connectivity index (χ4v) is 2.00. The maximum Gasteiger partial charge on any atom is 0.126 e. The first-order chi connectivity index (χ1) is 8.00. The summed E-state index contributed by atoms with van der Waals surface area (Å²) in [4.78, 5) is 0. The Morgan fingerprint density at radius 1 is 0.824 bits per heavy atom. The molecule has 0 saturated heterocycles. The van der Waals surface area contributed by atoms with Crippen LogP contribution in [-0.2, 0) is 0 Å². The van der Waals surface area contributed by atoms with Gasteiger partial charge in [-0.05, 0) is 55.2 Å². The monoisotopic (exact) mass is 228 g/mol. The molecule has 88 valence electrons. The summed E-state index contributed by atoms with van der Waals surface area (Å²) < 4.78 is 0. The molecule has 0 fully saturated rings. The lowest BCUT2D eigenvalue weighted by molar-refractivity contribution is 0.471. The highest BCUT2D eigenvalue weighted by atomic mass is 16.3. The van der Waals surface area contributed by atoms with Gasteiger partial charge in [0.2, 0.25) is 0 Å². The van der Waals surface area contributed by atoms with Gasteiger partial charge in [-0.2, -0.15) is 0 Å². The summed E-state index contributed by atoms with van der Waals surface area (Å²) in [5, 5.41) is 19.7. The maximum absolute atomic E-state index is 10.1. The molecule has 2 aromatic rings. The average molecular weight is 228 g/mol. The van der Waals surface area contributed by atoms with Crippen molar-refractivity contribution in [2.75, 3.05) is 0 Å². The Labute approximate surface area is 101 Å². The standard InChI is InChI=1S/C15H16O2/c1-9-5-4-6-13(15(9)17)14-8-12(16)7-10(2)11(14)3/h4-8,16-17H,1-3H3. The Balaban J connectivity index is 2.73. The van der Waals surface area contributed by atoms with E-state index in [2.05, 4.69) is 0 Å². The number of rotatable bonds is 1. The molecule has 17 heavy (non-hydrogen) atoms. The van der Waals surface area contributed by atoms with Crippen molar-refractivity contribution >= 4 is 0 Å². The van der Waals surface area contributed by atoms with Crippen LogP contribution < -0.4 is 0 Å². The summed E-state index contributed by atoms with van der Waals surface area (Å²) in [7, 11) is 0. The zero-order valence-electron chi connectivity index (χ0n) is 10.3. The number of aromatic hydroxyl groups is 2. The molecule has 0 aliphatic carbocycles. The van der Waals surface area contributed by atoms with Gasteiger partial charge in [0.05, 0.1) is 0 Å². The van der Waals surface area contributed by atoms with Crippen molar-refractivity contribution in [1.29, 1.82) is 0 Å². The number of phenolic OH excluding ortho intramolecular Hbond substituents is 2. The quantitative estimate of drug-likeness (QED) is 0.781. The molecule has 2 rings (SSSR count). The van der Waals surface area contributed by atoms with E-state index in [1.807, 2.05) is 39.0 Å². The number of hydrogen-bond donors (Lipinski definition) is 2. The van der Waals surface area contributed by atoms with Crippen LogP contribution in [0.2, 0.25) is 0 Å². The van der Waals surface area contributed by atoms with Crippen molar-refractivity contribution in [3.05, 3.63) is 47.0 Å². The predicted octanol–water partition coefficient (Wildman–Crippen LogP) is 3.69. The second kappa shape index (κ2) is 4.13. The van der Waals surface area contributed by atoms with Crippen LogP contribution in [0.4, 0.5) is 0 Å². The van der Waals surface area contributed by atoms with Gasteiger partial charge < -0.3 is 10.2 Å². The summed E-state index contributed by atoms with van der Waals surface area (Å²) in [6.07, 6.45) is 0. The third-order valence-corrected chi connectivity index (χ3v) is 3.18. The maximum atomic E-state index is 10.1. The molecule has 0 aliphatic heterocycles. The van der Waals surface area contributed by atoms with Crippen LogP contribution in [0.15, 0.2) is 30.3 Å². The lowest BCUT2D eigenvalue weighted by Crippen LogP contribution is -1.89. The minimum atomic E-state index is 0.226. The third kappa shape index (κ3) is 1.98. The van der Waals surface area contributed by atoms with Gasteiger partial charge in [0.1, 0.15) is 11.5 Å². The van der Waals surface area contributed by atoms with Crippen LogP contribution in [0.25, 0.3) is 11.1 Å². The average Bonchev–Trinajstić information content (AvgIpc) is 2.27. The van der Waals surface area contributed by atoms with Crippen molar-refractivity contribution in [3.8, 4) is 22.6 Å². The second-order valence-electron chi connectivity index (χ2n) is 4.41. The van der Waals surface area contributed by atoms with Crippen LogP contribution >= 0.6 is 0 Å². The summed E-state index contributed by atoms with van der Waals surface area (Å²) in [6.45, 7) is 5.81. The molecule has 0 aliphatic rings. The Morgan fingerprint density at radius 3 is 2.24 bits per heavy atom.